The number of rotatable bonds is 2. The topological polar surface area (TPSA) is 45.5 Å². The zero-order valence-corrected chi connectivity index (χ0v) is 11.0. The summed E-state index contributed by atoms with van der Waals surface area (Å²) < 4.78 is 1.83. The van der Waals surface area contributed by atoms with Crippen LogP contribution in [0.3, 0.4) is 0 Å². The van der Waals surface area contributed by atoms with Crippen LogP contribution in [0.15, 0.2) is 24.4 Å². The minimum atomic E-state index is 0.525. The van der Waals surface area contributed by atoms with E-state index in [1.807, 2.05) is 28.9 Å². The lowest BCUT2D eigenvalue weighted by molar-refractivity contribution is 0.188. The lowest BCUT2D eigenvalue weighted by Gasteiger charge is -2.34. The van der Waals surface area contributed by atoms with Gasteiger partial charge in [-0.1, -0.05) is 6.07 Å². The molecular weight excluding hydrogens is 238 g/mol. The molecule has 0 aromatic carbocycles. The molecule has 0 saturated carbocycles. The average molecular weight is 257 g/mol. The van der Waals surface area contributed by atoms with Crippen molar-refractivity contribution in [2.75, 3.05) is 18.4 Å². The maximum Gasteiger partial charge on any atom is 0.243 e. The van der Waals surface area contributed by atoms with Gasteiger partial charge in [-0.3, -0.25) is 0 Å². The molecule has 0 radical (unpaired) electrons. The minimum absolute atomic E-state index is 0.525. The van der Waals surface area contributed by atoms with Gasteiger partial charge in [0.1, 0.15) is 0 Å². The SMILES string of the molecule is c1ccn2nc(NC3CCN4CCCC4C3)nc2c1. The van der Waals surface area contributed by atoms with Gasteiger partial charge in [0.25, 0.3) is 0 Å². The largest absolute Gasteiger partial charge is 0.350 e. The van der Waals surface area contributed by atoms with E-state index >= 15 is 0 Å². The molecule has 0 bridgehead atoms. The first kappa shape index (κ1) is 11.2. The van der Waals surface area contributed by atoms with Crippen LogP contribution in [-0.2, 0) is 0 Å². The third-order valence-electron chi connectivity index (χ3n) is 4.39. The average Bonchev–Trinajstić information content (AvgIpc) is 3.03. The first-order valence-electron chi connectivity index (χ1n) is 7.20. The number of pyridine rings is 1. The van der Waals surface area contributed by atoms with Crippen molar-refractivity contribution >= 4 is 11.6 Å². The van der Waals surface area contributed by atoms with E-state index in [-0.39, 0.29) is 0 Å². The number of hydrogen-bond acceptors (Lipinski definition) is 4. The number of hydrogen-bond donors (Lipinski definition) is 1. The normalized spacial score (nSPS) is 27.6. The Hall–Kier alpha value is -1.62. The van der Waals surface area contributed by atoms with Gasteiger partial charge in [-0.25, -0.2) is 4.52 Å². The van der Waals surface area contributed by atoms with Gasteiger partial charge in [0.2, 0.25) is 5.95 Å². The molecule has 4 rings (SSSR count). The molecule has 5 heteroatoms. The molecule has 2 aromatic heterocycles. The van der Waals surface area contributed by atoms with Crippen molar-refractivity contribution in [2.24, 2.45) is 0 Å². The van der Waals surface area contributed by atoms with Gasteiger partial charge >= 0.3 is 0 Å². The summed E-state index contributed by atoms with van der Waals surface area (Å²) in [7, 11) is 0. The Labute approximate surface area is 112 Å². The Morgan fingerprint density at radius 3 is 3.16 bits per heavy atom. The highest BCUT2D eigenvalue weighted by molar-refractivity contribution is 5.43. The van der Waals surface area contributed by atoms with Crippen molar-refractivity contribution in [3.63, 3.8) is 0 Å². The highest BCUT2D eigenvalue weighted by atomic mass is 15.3. The van der Waals surface area contributed by atoms with Gasteiger partial charge < -0.3 is 10.2 Å². The van der Waals surface area contributed by atoms with Crippen molar-refractivity contribution in [3.05, 3.63) is 24.4 Å². The lowest BCUT2D eigenvalue weighted by Crippen LogP contribution is -2.42. The van der Waals surface area contributed by atoms with Crippen molar-refractivity contribution in [1.82, 2.24) is 19.5 Å². The van der Waals surface area contributed by atoms with Gasteiger partial charge in [-0.15, -0.1) is 5.10 Å². The van der Waals surface area contributed by atoms with Crippen LogP contribution in [0.5, 0.6) is 0 Å². The Kier molecular flexibility index (Phi) is 2.65. The molecule has 2 saturated heterocycles. The first-order valence-corrected chi connectivity index (χ1v) is 7.20. The van der Waals surface area contributed by atoms with Crippen molar-refractivity contribution in [2.45, 2.75) is 37.8 Å². The van der Waals surface area contributed by atoms with Crippen LogP contribution in [0.2, 0.25) is 0 Å². The van der Waals surface area contributed by atoms with E-state index in [0.29, 0.717) is 6.04 Å². The summed E-state index contributed by atoms with van der Waals surface area (Å²) in [4.78, 5) is 7.15. The van der Waals surface area contributed by atoms with Gasteiger partial charge in [-0.2, -0.15) is 4.98 Å². The second kappa shape index (κ2) is 4.49. The monoisotopic (exact) mass is 257 g/mol. The maximum atomic E-state index is 4.52. The second-order valence-electron chi connectivity index (χ2n) is 5.64. The van der Waals surface area contributed by atoms with Crippen LogP contribution in [0.4, 0.5) is 5.95 Å². The third kappa shape index (κ3) is 2.08. The predicted molar refractivity (Wildman–Crippen MR) is 74.2 cm³/mol. The van der Waals surface area contributed by atoms with Gasteiger partial charge in [-0.05, 0) is 44.4 Å². The zero-order chi connectivity index (χ0) is 12.7. The molecule has 2 fully saturated rings. The standard InChI is InChI=1S/C14H19N5/c1-2-8-19-13(5-1)16-14(17-19)15-11-6-9-18-7-3-4-12(18)10-11/h1-2,5,8,11-12H,3-4,6-7,9-10H2,(H,15,17). The van der Waals surface area contributed by atoms with E-state index in [1.165, 1.54) is 38.8 Å². The van der Waals surface area contributed by atoms with Crippen LogP contribution in [0.25, 0.3) is 5.65 Å². The molecule has 2 aromatic rings. The molecule has 0 aliphatic carbocycles. The molecule has 2 unspecified atom stereocenters. The van der Waals surface area contributed by atoms with E-state index in [0.717, 1.165) is 17.6 Å². The Balaban J connectivity index is 1.48. The fourth-order valence-electron chi connectivity index (χ4n) is 3.43. The number of anilines is 1. The zero-order valence-electron chi connectivity index (χ0n) is 11.0. The summed E-state index contributed by atoms with van der Waals surface area (Å²) in [6, 6.07) is 7.26. The van der Waals surface area contributed by atoms with E-state index < -0.39 is 0 Å². The summed E-state index contributed by atoms with van der Waals surface area (Å²) in [5.41, 5.74) is 0.906. The van der Waals surface area contributed by atoms with E-state index in [9.17, 15) is 0 Å². The molecule has 4 heterocycles. The number of piperidine rings is 1. The fourth-order valence-corrected chi connectivity index (χ4v) is 3.43. The van der Waals surface area contributed by atoms with Crippen LogP contribution in [0, 0.1) is 0 Å². The van der Waals surface area contributed by atoms with Crippen molar-refractivity contribution in [1.29, 1.82) is 0 Å². The number of nitrogens with zero attached hydrogens (tertiary/aromatic N) is 4. The Morgan fingerprint density at radius 1 is 1.21 bits per heavy atom. The van der Waals surface area contributed by atoms with Crippen molar-refractivity contribution < 1.29 is 0 Å². The number of nitrogens with one attached hydrogen (secondary N) is 1. The minimum Gasteiger partial charge on any atom is -0.350 e. The lowest BCUT2D eigenvalue weighted by atomic mass is 9.98. The van der Waals surface area contributed by atoms with Crippen LogP contribution in [0.1, 0.15) is 25.7 Å². The van der Waals surface area contributed by atoms with Crippen LogP contribution >= 0.6 is 0 Å². The Bertz CT molecular complexity index is 545. The Morgan fingerprint density at radius 2 is 2.21 bits per heavy atom. The van der Waals surface area contributed by atoms with E-state index in [1.54, 1.807) is 0 Å². The molecule has 1 N–H and O–H groups in total. The highest BCUT2D eigenvalue weighted by Crippen LogP contribution is 2.28. The summed E-state index contributed by atoms with van der Waals surface area (Å²) in [5, 5.41) is 7.99. The van der Waals surface area contributed by atoms with Crippen LogP contribution in [-0.4, -0.2) is 44.7 Å². The quantitative estimate of drug-likeness (QED) is 0.890. The third-order valence-corrected chi connectivity index (χ3v) is 4.39. The molecule has 0 amide bonds. The van der Waals surface area contributed by atoms with E-state index in [4.69, 9.17) is 0 Å². The smallest absolute Gasteiger partial charge is 0.243 e. The molecular formula is C14H19N5. The number of aromatic nitrogens is 3. The van der Waals surface area contributed by atoms with Gasteiger partial charge in [0.05, 0.1) is 0 Å². The summed E-state index contributed by atoms with van der Waals surface area (Å²) >= 11 is 0. The second-order valence-corrected chi connectivity index (χ2v) is 5.64. The number of fused-ring (bicyclic) bond motifs is 2. The fraction of sp³-hybridized carbons (Fsp3) is 0.571. The molecule has 2 aliphatic rings. The van der Waals surface area contributed by atoms with Crippen LogP contribution < -0.4 is 5.32 Å². The van der Waals surface area contributed by atoms with Gasteiger partial charge in [0.15, 0.2) is 5.65 Å². The molecule has 2 atom stereocenters. The van der Waals surface area contributed by atoms with Gasteiger partial charge in [0, 0.05) is 24.8 Å². The van der Waals surface area contributed by atoms with E-state index in [2.05, 4.69) is 20.3 Å². The first-order chi connectivity index (χ1) is 9.38. The summed E-state index contributed by atoms with van der Waals surface area (Å²) in [5.74, 6) is 0.766. The van der Waals surface area contributed by atoms with Crippen molar-refractivity contribution in [3.8, 4) is 0 Å². The molecule has 5 nitrogen and oxygen atoms in total. The molecule has 19 heavy (non-hydrogen) atoms. The summed E-state index contributed by atoms with van der Waals surface area (Å²) in [6.07, 6.45) is 7.09. The molecule has 0 spiro atoms. The maximum absolute atomic E-state index is 4.52. The summed E-state index contributed by atoms with van der Waals surface area (Å²) in [6.45, 7) is 2.51. The highest BCUT2D eigenvalue weighted by Gasteiger charge is 2.31. The molecule has 100 valence electrons. The predicted octanol–water partition coefficient (Wildman–Crippen LogP) is 1.77. The molecule has 2 aliphatic heterocycles.